The number of halogens is 1. The molecule has 1 saturated heterocycles. The average Bonchev–Trinajstić information content (AvgIpc) is 2.87. The van der Waals surface area contributed by atoms with Gasteiger partial charge in [-0.15, -0.1) is 0 Å². The van der Waals surface area contributed by atoms with Crippen LogP contribution >= 0.6 is 23.8 Å². The minimum atomic E-state index is -0.440. The highest BCUT2D eigenvalue weighted by Gasteiger charge is 2.23. The summed E-state index contributed by atoms with van der Waals surface area (Å²) < 4.78 is 15.9. The van der Waals surface area contributed by atoms with E-state index in [0.29, 0.717) is 66.5 Å². The lowest BCUT2D eigenvalue weighted by atomic mass is 10.1. The van der Waals surface area contributed by atoms with Gasteiger partial charge in [-0.3, -0.25) is 14.9 Å². The van der Waals surface area contributed by atoms with Crippen molar-refractivity contribution in [3.63, 3.8) is 0 Å². The summed E-state index contributed by atoms with van der Waals surface area (Å²) in [5, 5.41) is 6.30. The molecule has 1 aliphatic rings. The summed E-state index contributed by atoms with van der Waals surface area (Å²) >= 11 is 11.9. The van der Waals surface area contributed by atoms with E-state index in [-0.39, 0.29) is 16.6 Å². The van der Waals surface area contributed by atoms with Crippen molar-refractivity contribution in [3.05, 3.63) is 40.9 Å². The third kappa shape index (κ3) is 7.17. The third-order valence-electron chi connectivity index (χ3n) is 5.92. The van der Waals surface area contributed by atoms with E-state index in [0.717, 1.165) is 5.69 Å². The van der Waals surface area contributed by atoms with Crippen molar-refractivity contribution in [1.29, 1.82) is 0 Å². The zero-order valence-electron chi connectivity index (χ0n) is 21.7. The summed E-state index contributed by atoms with van der Waals surface area (Å²) in [6.07, 6.45) is 0.567. The highest BCUT2D eigenvalue weighted by molar-refractivity contribution is 7.80. The molecule has 0 saturated carbocycles. The summed E-state index contributed by atoms with van der Waals surface area (Å²) in [4.78, 5) is 29.2. The minimum absolute atomic E-state index is 0.111. The maximum Gasteiger partial charge on any atom is 0.257 e. The van der Waals surface area contributed by atoms with Gasteiger partial charge < -0.3 is 29.3 Å². The molecule has 0 radical (unpaired) electrons. The molecule has 2 amide bonds. The van der Waals surface area contributed by atoms with Crippen LogP contribution in [0.15, 0.2) is 30.3 Å². The largest absolute Gasteiger partial charge is 0.493 e. The summed E-state index contributed by atoms with van der Waals surface area (Å²) in [7, 11) is 4.44. The molecule has 1 heterocycles. The number of nitrogens with one attached hydrogen (secondary N) is 2. The molecule has 0 aliphatic carbocycles. The number of piperazine rings is 1. The maximum absolute atomic E-state index is 12.8. The standard InChI is InChI=1S/C26H33ClN4O5S/c1-16(2)12-23(32)31-10-8-30(9-11-31)20-7-6-18(15-19(20)27)28-26(37)29-25(33)17-13-21(34-3)24(36-5)22(14-17)35-4/h6-7,13-16H,8-12H2,1-5H3,(H2,28,29,33,37). The number of carbonyl (C=O) groups excluding carboxylic acids is 2. The lowest BCUT2D eigenvalue weighted by Gasteiger charge is -2.37. The van der Waals surface area contributed by atoms with Crippen LogP contribution in [0.2, 0.25) is 5.02 Å². The van der Waals surface area contributed by atoms with Gasteiger partial charge in [0, 0.05) is 43.9 Å². The molecule has 1 fully saturated rings. The van der Waals surface area contributed by atoms with Crippen molar-refractivity contribution < 1.29 is 23.8 Å². The highest BCUT2D eigenvalue weighted by atomic mass is 35.5. The number of benzene rings is 2. The van der Waals surface area contributed by atoms with E-state index < -0.39 is 5.91 Å². The van der Waals surface area contributed by atoms with Crippen LogP contribution in [0.3, 0.4) is 0 Å². The molecule has 11 heteroatoms. The Hall–Kier alpha value is -3.24. The Morgan fingerprint density at radius 3 is 2.14 bits per heavy atom. The van der Waals surface area contributed by atoms with E-state index >= 15 is 0 Å². The zero-order valence-corrected chi connectivity index (χ0v) is 23.3. The minimum Gasteiger partial charge on any atom is -0.493 e. The second-order valence-electron chi connectivity index (χ2n) is 8.95. The van der Waals surface area contributed by atoms with Gasteiger partial charge in [-0.1, -0.05) is 25.4 Å². The second kappa shape index (κ2) is 12.8. The first-order valence-electron chi connectivity index (χ1n) is 11.9. The fourth-order valence-corrected chi connectivity index (χ4v) is 4.58. The maximum atomic E-state index is 12.8. The van der Waals surface area contributed by atoms with Crippen LogP contribution in [-0.4, -0.2) is 69.3 Å². The van der Waals surface area contributed by atoms with E-state index in [1.165, 1.54) is 21.3 Å². The molecule has 0 aromatic heterocycles. The predicted octanol–water partition coefficient (Wildman–Crippen LogP) is 4.19. The normalized spacial score (nSPS) is 13.3. The van der Waals surface area contributed by atoms with Crippen LogP contribution in [0.25, 0.3) is 0 Å². The topological polar surface area (TPSA) is 92.4 Å². The molecular formula is C26H33ClN4O5S. The average molecular weight is 549 g/mol. The van der Waals surface area contributed by atoms with Gasteiger partial charge >= 0.3 is 0 Å². The van der Waals surface area contributed by atoms with E-state index in [2.05, 4.69) is 15.5 Å². The number of rotatable bonds is 8. The fraction of sp³-hybridized carbons (Fsp3) is 0.423. The zero-order chi connectivity index (χ0) is 27.1. The molecule has 1 aliphatic heterocycles. The fourth-order valence-electron chi connectivity index (χ4n) is 4.07. The molecule has 2 aromatic carbocycles. The van der Waals surface area contributed by atoms with Crippen molar-refractivity contribution in [1.82, 2.24) is 10.2 Å². The number of ether oxygens (including phenoxy) is 3. The Morgan fingerprint density at radius 2 is 1.62 bits per heavy atom. The molecule has 2 N–H and O–H groups in total. The van der Waals surface area contributed by atoms with Crippen LogP contribution in [0, 0.1) is 5.92 Å². The van der Waals surface area contributed by atoms with Gasteiger partial charge in [-0.05, 0) is 48.5 Å². The number of nitrogens with zero attached hydrogens (tertiary/aromatic N) is 2. The van der Waals surface area contributed by atoms with Gasteiger partial charge in [0.1, 0.15) is 0 Å². The quantitative estimate of drug-likeness (QED) is 0.475. The van der Waals surface area contributed by atoms with Crippen LogP contribution < -0.4 is 29.7 Å². The smallest absolute Gasteiger partial charge is 0.257 e. The van der Waals surface area contributed by atoms with Gasteiger partial charge in [0.25, 0.3) is 5.91 Å². The van der Waals surface area contributed by atoms with Crippen LogP contribution in [0.1, 0.15) is 30.6 Å². The number of anilines is 2. The van der Waals surface area contributed by atoms with Gasteiger partial charge in [0.15, 0.2) is 16.6 Å². The Bertz CT molecular complexity index is 1130. The molecule has 0 bridgehead atoms. The molecule has 37 heavy (non-hydrogen) atoms. The van der Waals surface area contributed by atoms with Crippen molar-refractivity contribution in [2.45, 2.75) is 20.3 Å². The highest BCUT2D eigenvalue weighted by Crippen LogP contribution is 2.38. The Kier molecular flexibility index (Phi) is 9.82. The van der Waals surface area contributed by atoms with Crippen LogP contribution in [0.4, 0.5) is 11.4 Å². The van der Waals surface area contributed by atoms with E-state index in [1.807, 2.05) is 30.9 Å². The van der Waals surface area contributed by atoms with Crippen molar-refractivity contribution in [3.8, 4) is 17.2 Å². The van der Waals surface area contributed by atoms with Gasteiger partial charge in [-0.25, -0.2) is 0 Å². The Labute approximate surface area is 228 Å². The molecule has 0 spiro atoms. The lowest BCUT2D eigenvalue weighted by Crippen LogP contribution is -2.49. The first-order chi connectivity index (χ1) is 17.7. The summed E-state index contributed by atoms with van der Waals surface area (Å²) in [5.41, 5.74) is 1.81. The summed E-state index contributed by atoms with van der Waals surface area (Å²) in [6, 6.07) is 8.59. The number of amides is 2. The van der Waals surface area contributed by atoms with Gasteiger partial charge in [0.2, 0.25) is 11.7 Å². The van der Waals surface area contributed by atoms with Gasteiger partial charge in [0.05, 0.1) is 32.0 Å². The first-order valence-corrected chi connectivity index (χ1v) is 12.7. The van der Waals surface area contributed by atoms with Crippen LogP contribution in [-0.2, 0) is 4.79 Å². The second-order valence-corrected chi connectivity index (χ2v) is 9.77. The van der Waals surface area contributed by atoms with Crippen molar-refractivity contribution in [2.24, 2.45) is 5.92 Å². The van der Waals surface area contributed by atoms with Crippen LogP contribution in [0.5, 0.6) is 17.2 Å². The SMILES string of the molecule is COc1cc(C(=O)NC(=S)Nc2ccc(N3CCN(C(=O)CC(C)C)CC3)c(Cl)c2)cc(OC)c1OC. The molecule has 3 rings (SSSR count). The number of hydrogen-bond acceptors (Lipinski definition) is 7. The Morgan fingerprint density at radius 1 is 1.00 bits per heavy atom. The number of methoxy groups -OCH3 is 3. The van der Waals surface area contributed by atoms with Gasteiger partial charge in [-0.2, -0.15) is 0 Å². The molecule has 0 atom stereocenters. The third-order valence-corrected chi connectivity index (χ3v) is 6.42. The van der Waals surface area contributed by atoms with Crippen molar-refractivity contribution >= 4 is 52.1 Å². The summed E-state index contributed by atoms with van der Waals surface area (Å²) in [6.45, 7) is 6.85. The monoisotopic (exact) mass is 548 g/mol. The molecule has 200 valence electrons. The predicted molar refractivity (Wildman–Crippen MR) is 149 cm³/mol. The van der Waals surface area contributed by atoms with E-state index in [4.69, 9.17) is 38.0 Å². The molecular weight excluding hydrogens is 516 g/mol. The molecule has 2 aromatic rings. The van der Waals surface area contributed by atoms with E-state index in [9.17, 15) is 9.59 Å². The molecule has 9 nitrogen and oxygen atoms in total. The number of hydrogen-bond donors (Lipinski definition) is 2. The number of thiocarbonyl (C=S) groups is 1. The summed E-state index contributed by atoms with van der Waals surface area (Å²) in [5.74, 6) is 1.21. The first kappa shape index (κ1) is 28.3. The van der Waals surface area contributed by atoms with Crippen molar-refractivity contribution in [2.75, 3.05) is 57.7 Å². The number of carbonyl (C=O) groups is 2. The van der Waals surface area contributed by atoms with E-state index in [1.54, 1.807) is 18.2 Å². The Balaban J connectivity index is 1.60. The molecule has 0 unspecified atom stereocenters. The lowest BCUT2D eigenvalue weighted by molar-refractivity contribution is -0.132.